The van der Waals surface area contributed by atoms with Gasteiger partial charge in [0.1, 0.15) is 5.75 Å². The van der Waals surface area contributed by atoms with E-state index in [4.69, 9.17) is 4.74 Å². The summed E-state index contributed by atoms with van der Waals surface area (Å²) >= 11 is 3.99. The van der Waals surface area contributed by atoms with Gasteiger partial charge < -0.3 is 9.64 Å². The molecule has 0 fully saturated rings. The fraction of sp³-hybridized carbons (Fsp3) is 0.417. The molecular formula is C12H17NO2S. The van der Waals surface area contributed by atoms with E-state index in [-0.39, 0.29) is 11.7 Å². The van der Waals surface area contributed by atoms with E-state index < -0.39 is 0 Å². The van der Waals surface area contributed by atoms with Gasteiger partial charge in [-0.15, -0.1) is 0 Å². The fourth-order valence-corrected chi connectivity index (χ4v) is 1.90. The first-order chi connectivity index (χ1) is 7.51. The number of rotatable bonds is 3. The van der Waals surface area contributed by atoms with E-state index in [9.17, 15) is 4.79 Å². The highest BCUT2D eigenvalue weighted by Crippen LogP contribution is 2.32. The third-order valence-electron chi connectivity index (χ3n) is 2.47. The maximum Gasteiger partial charge on any atom is 0.236 e. The number of thiol groups is 1. The first kappa shape index (κ1) is 12.9. The Bertz CT molecular complexity index is 404. The van der Waals surface area contributed by atoms with Crippen LogP contribution in [0.5, 0.6) is 5.75 Å². The largest absolute Gasteiger partial charge is 0.494 e. The Balaban J connectivity index is 3.25. The highest BCUT2D eigenvalue weighted by molar-refractivity contribution is 7.81. The molecule has 0 radical (unpaired) electrons. The van der Waals surface area contributed by atoms with Gasteiger partial charge in [0.25, 0.3) is 0 Å². The second-order valence-electron chi connectivity index (χ2n) is 3.75. The summed E-state index contributed by atoms with van der Waals surface area (Å²) in [5.41, 5.74) is 2.92. The molecule has 0 saturated carbocycles. The molecule has 0 aliphatic carbocycles. The highest BCUT2D eigenvalue weighted by Gasteiger charge is 2.15. The smallest absolute Gasteiger partial charge is 0.236 e. The van der Waals surface area contributed by atoms with E-state index >= 15 is 0 Å². The SMILES string of the molecule is COc1c(C)cc(C)cc1N(C)C(=O)CS. The van der Waals surface area contributed by atoms with Gasteiger partial charge in [0.05, 0.1) is 18.6 Å². The van der Waals surface area contributed by atoms with Crippen LogP contribution in [0.4, 0.5) is 5.69 Å². The maximum atomic E-state index is 11.6. The van der Waals surface area contributed by atoms with Crippen molar-refractivity contribution in [3.8, 4) is 5.75 Å². The van der Waals surface area contributed by atoms with Crippen LogP contribution < -0.4 is 9.64 Å². The molecule has 1 rings (SSSR count). The Morgan fingerprint density at radius 3 is 2.56 bits per heavy atom. The first-order valence-corrected chi connectivity index (χ1v) is 5.67. The number of benzene rings is 1. The van der Waals surface area contributed by atoms with Crippen LogP contribution in [0.15, 0.2) is 12.1 Å². The molecule has 0 N–H and O–H groups in total. The van der Waals surface area contributed by atoms with Crippen molar-refractivity contribution in [3.63, 3.8) is 0 Å². The van der Waals surface area contributed by atoms with Crippen LogP contribution in [0.3, 0.4) is 0 Å². The molecule has 1 aromatic carbocycles. The Labute approximate surface area is 102 Å². The third kappa shape index (κ3) is 2.50. The van der Waals surface area contributed by atoms with Crippen LogP contribution in [0.25, 0.3) is 0 Å². The number of ether oxygens (including phenoxy) is 1. The van der Waals surface area contributed by atoms with Crippen molar-refractivity contribution in [2.75, 3.05) is 24.8 Å². The maximum absolute atomic E-state index is 11.6. The summed E-state index contributed by atoms with van der Waals surface area (Å²) in [6, 6.07) is 3.97. The van der Waals surface area contributed by atoms with Crippen molar-refractivity contribution in [3.05, 3.63) is 23.3 Å². The molecule has 0 atom stereocenters. The van der Waals surface area contributed by atoms with Gasteiger partial charge >= 0.3 is 0 Å². The Morgan fingerprint density at radius 1 is 1.44 bits per heavy atom. The summed E-state index contributed by atoms with van der Waals surface area (Å²) in [5.74, 6) is 0.877. The Kier molecular flexibility index (Phi) is 4.24. The van der Waals surface area contributed by atoms with Crippen molar-refractivity contribution in [1.82, 2.24) is 0 Å². The topological polar surface area (TPSA) is 29.5 Å². The molecule has 0 heterocycles. The van der Waals surface area contributed by atoms with Gasteiger partial charge in [0, 0.05) is 7.05 Å². The number of aryl methyl sites for hydroxylation is 2. The first-order valence-electron chi connectivity index (χ1n) is 5.04. The van der Waals surface area contributed by atoms with Crippen LogP contribution in [0.2, 0.25) is 0 Å². The molecule has 3 nitrogen and oxygen atoms in total. The minimum absolute atomic E-state index is 0.0494. The van der Waals surface area contributed by atoms with Crippen LogP contribution >= 0.6 is 12.6 Å². The van der Waals surface area contributed by atoms with Crippen LogP contribution in [-0.2, 0) is 4.79 Å². The number of carbonyl (C=O) groups excluding carboxylic acids is 1. The molecule has 16 heavy (non-hydrogen) atoms. The summed E-state index contributed by atoms with van der Waals surface area (Å²) < 4.78 is 5.33. The van der Waals surface area contributed by atoms with Gasteiger partial charge in [-0.05, 0) is 31.0 Å². The van der Waals surface area contributed by atoms with Gasteiger partial charge in [-0.1, -0.05) is 6.07 Å². The predicted molar refractivity (Wildman–Crippen MR) is 69.7 cm³/mol. The van der Waals surface area contributed by atoms with Gasteiger partial charge in [-0.25, -0.2) is 0 Å². The predicted octanol–water partition coefficient (Wildman–Crippen LogP) is 2.20. The third-order valence-corrected chi connectivity index (χ3v) is 2.74. The summed E-state index contributed by atoms with van der Waals surface area (Å²) in [6.45, 7) is 3.96. The van der Waals surface area contributed by atoms with Gasteiger partial charge in [-0.2, -0.15) is 12.6 Å². The van der Waals surface area contributed by atoms with Crippen molar-refractivity contribution in [2.24, 2.45) is 0 Å². The van der Waals surface area contributed by atoms with Crippen molar-refractivity contribution < 1.29 is 9.53 Å². The van der Waals surface area contributed by atoms with Crippen LogP contribution in [-0.4, -0.2) is 25.8 Å². The summed E-state index contributed by atoms with van der Waals surface area (Å²) in [6.07, 6.45) is 0. The normalized spacial score (nSPS) is 10.1. The van der Waals surface area contributed by atoms with Gasteiger partial charge in [0.15, 0.2) is 0 Å². The molecule has 0 unspecified atom stereocenters. The zero-order valence-electron chi connectivity index (χ0n) is 10.1. The van der Waals surface area contributed by atoms with E-state index in [1.807, 2.05) is 26.0 Å². The number of hydrogen-bond donors (Lipinski definition) is 1. The minimum atomic E-state index is -0.0494. The molecular weight excluding hydrogens is 222 g/mol. The molecule has 88 valence electrons. The zero-order valence-corrected chi connectivity index (χ0v) is 11.0. The van der Waals surface area contributed by atoms with E-state index in [2.05, 4.69) is 12.6 Å². The molecule has 0 saturated heterocycles. The second-order valence-corrected chi connectivity index (χ2v) is 4.06. The molecule has 0 aliphatic rings. The molecule has 0 aliphatic heterocycles. The minimum Gasteiger partial charge on any atom is -0.494 e. The summed E-state index contributed by atoms with van der Waals surface area (Å²) in [4.78, 5) is 13.2. The van der Waals surface area contributed by atoms with Crippen LogP contribution in [0.1, 0.15) is 11.1 Å². The lowest BCUT2D eigenvalue weighted by Crippen LogP contribution is -2.27. The second kappa shape index (κ2) is 5.25. The molecule has 0 bridgehead atoms. The lowest BCUT2D eigenvalue weighted by molar-refractivity contribution is -0.115. The Morgan fingerprint density at radius 2 is 2.06 bits per heavy atom. The number of hydrogen-bond acceptors (Lipinski definition) is 3. The lowest BCUT2D eigenvalue weighted by Gasteiger charge is -2.21. The number of carbonyl (C=O) groups is 1. The van der Waals surface area contributed by atoms with Crippen LogP contribution in [0, 0.1) is 13.8 Å². The summed E-state index contributed by atoms with van der Waals surface area (Å²) in [7, 11) is 3.34. The molecule has 4 heteroatoms. The standard InChI is InChI=1S/C12H17NO2S/c1-8-5-9(2)12(15-4)10(6-8)13(3)11(14)7-16/h5-6,16H,7H2,1-4H3. The average molecular weight is 239 g/mol. The van der Waals surface area contributed by atoms with E-state index in [0.29, 0.717) is 0 Å². The van der Waals surface area contributed by atoms with E-state index in [1.165, 1.54) is 0 Å². The zero-order chi connectivity index (χ0) is 12.3. The fourth-order valence-electron chi connectivity index (χ4n) is 1.69. The Hall–Kier alpha value is -1.16. The highest BCUT2D eigenvalue weighted by atomic mass is 32.1. The molecule has 1 aromatic rings. The monoisotopic (exact) mass is 239 g/mol. The number of amides is 1. The van der Waals surface area contributed by atoms with Gasteiger partial charge in [0.2, 0.25) is 5.91 Å². The average Bonchev–Trinajstić information content (AvgIpc) is 2.26. The van der Waals surface area contributed by atoms with Crippen molar-refractivity contribution >= 4 is 24.2 Å². The summed E-state index contributed by atoms with van der Waals surface area (Å²) in [5, 5.41) is 0. The quantitative estimate of drug-likeness (QED) is 0.819. The van der Waals surface area contributed by atoms with Crippen molar-refractivity contribution in [2.45, 2.75) is 13.8 Å². The van der Waals surface area contributed by atoms with Gasteiger partial charge in [-0.3, -0.25) is 4.79 Å². The number of nitrogens with zero attached hydrogens (tertiary/aromatic N) is 1. The van der Waals surface area contributed by atoms with E-state index in [0.717, 1.165) is 22.6 Å². The number of anilines is 1. The van der Waals surface area contributed by atoms with E-state index in [1.54, 1.807) is 19.1 Å². The molecule has 0 aromatic heterocycles. The van der Waals surface area contributed by atoms with Crippen molar-refractivity contribution in [1.29, 1.82) is 0 Å². The number of methoxy groups -OCH3 is 1. The lowest BCUT2D eigenvalue weighted by atomic mass is 10.1. The molecule has 1 amide bonds. The molecule has 0 spiro atoms.